The van der Waals surface area contributed by atoms with Gasteiger partial charge in [-0.2, -0.15) is 13.2 Å². The Kier molecular flexibility index (Phi) is 5.82. The summed E-state index contributed by atoms with van der Waals surface area (Å²) in [5.41, 5.74) is -4.73. The van der Waals surface area contributed by atoms with Crippen LogP contribution in [0.3, 0.4) is 0 Å². The molecule has 0 aliphatic heterocycles. The van der Waals surface area contributed by atoms with Crippen LogP contribution in [0, 0.1) is 0 Å². The van der Waals surface area contributed by atoms with Gasteiger partial charge in [-0.05, 0) is 43.5 Å². The topological polar surface area (TPSA) is 66.4 Å². The summed E-state index contributed by atoms with van der Waals surface area (Å²) in [6.45, 7) is 0.732. The van der Waals surface area contributed by atoms with E-state index in [4.69, 9.17) is 5.11 Å². The number of hydrogen-bond donors (Lipinski definition) is 2. The van der Waals surface area contributed by atoms with Crippen molar-refractivity contribution in [3.05, 3.63) is 24.3 Å². The van der Waals surface area contributed by atoms with Gasteiger partial charge in [0.25, 0.3) is 9.84 Å². The Balaban J connectivity index is 2.61. The van der Waals surface area contributed by atoms with E-state index in [-0.39, 0.29) is 6.61 Å². The van der Waals surface area contributed by atoms with Gasteiger partial charge in [0.05, 0.1) is 4.90 Å². The van der Waals surface area contributed by atoms with Crippen LogP contribution in [-0.4, -0.2) is 32.2 Å². The summed E-state index contributed by atoms with van der Waals surface area (Å²) in [4.78, 5) is -0.768. The Morgan fingerprint density at radius 3 is 2.15 bits per heavy atom. The third-order valence-electron chi connectivity index (χ3n) is 2.63. The molecule has 0 amide bonds. The Morgan fingerprint density at radius 1 is 1.05 bits per heavy atom. The number of alkyl halides is 3. The maximum absolute atomic E-state index is 12.3. The third kappa shape index (κ3) is 4.38. The highest BCUT2D eigenvalue weighted by molar-refractivity contribution is 7.92. The lowest BCUT2D eigenvalue weighted by Crippen LogP contribution is -2.23. The predicted molar refractivity (Wildman–Crippen MR) is 69.1 cm³/mol. The fourth-order valence-corrected chi connectivity index (χ4v) is 2.29. The van der Waals surface area contributed by atoms with Crippen LogP contribution in [0.2, 0.25) is 0 Å². The molecular formula is C12H16F3NO3S. The lowest BCUT2D eigenvalue weighted by atomic mass is 10.2. The van der Waals surface area contributed by atoms with Crippen molar-refractivity contribution in [2.45, 2.75) is 29.7 Å². The minimum Gasteiger partial charge on any atom is -0.396 e. The van der Waals surface area contributed by atoms with Gasteiger partial charge in [-0.1, -0.05) is 0 Å². The molecule has 0 saturated heterocycles. The van der Waals surface area contributed by atoms with Gasteiger partial charge >= 0.3 is 5.51 Å². The average Bonchev–Trinajstić information content (AvgIpc) is 2.38. The number of aliphatic hydroxyl groups excluding tert-OH is 1. The van der Waals surface area contributed by atoms with E-state index in [2.05, 4.69) is 5.32 Å². The fourth-order valence-electron chi connectivity index (χ4n) is 1.53. The molecule has 1 aromatic carbocycles. The number of unbranched alkanes of at least 4 members (excludes halogenated alkanes) is 2. The Morgan fingerprint density at radius 2 is 1.65 bits per heavy atom. The number of benzene rings is 1. The van der Waals surface area contributed by atoms with E-state index in [1.54, 1.807) is 0 Å². The van der Waals surface area contributed by atoms with E-state index >= 15 is 0 Å². The zero-order valence-corrected chi connectivity index (χ0v) is 11.5. The number of halogens is 3. The second-order valence-electron chi connectivity index (χ2n) is 4.18. The molecule has 0 radical (unpaired) electrons. The van der Waals surface area contributed by atoms with Crippen LogP contribution in [0.1, 0.15) is 19.3 Å². The molecular weight excluding hydrogens is 295 g/mol. The van der Waals surface area contributed by atoms with Gasteiger partial charge < -0.3 is 10.4 Å². The van der Waals surface area contributed by atoms with Crippen molar-refractivity contribution in [2.75, 3.05) is 18.5 Å². The highest BCUT2D eigenvalue weighted by Gasteiger charge is 2.46. The normalized spacial score (nSPS) is 12.4. The monoisotopic (exact) mass is 311 g/mol. The minimum atomic E-state index is -5.29. The number of aliphatic hydroxyl groups is 1. The van der Waals surface area contributed by atoms with Crippen molar-refractivity contribution in [1.82, 2.24) is 0 Å². The quantitative estimate of drug-likeness (QED) is 0.760. The van der Waals surface area contributed by atoms with Crippen molar-refractivity contribution in [3.8, 4) is 0 Å². The summed E-state index contributed by atoms with van der Waals surface area (Å²) >= 11 is 0. The van der Waals surface area contributed by atoms with Gasteiger partial charge in [0, 0.05) is 18.8 Å². The van der Waals surface area contributed by atoms with Gasteiger partial charge in [0.15, 0.2) is 0 Å². The predicted octanol–water partition coefficient (Wildman–Crippen LogP) is 2.55. The molecule has 114 valence electrons. The van der Waals surface area contributed by atoms with Crippen LogP contribution in [0.25, 0.3) is 0 Å². The molecule has 0 unspecified atom stereocenters. The first-order valence-corrected chi connectivity index (χ1v) is 7.53. The second-order valence-corrected chi connectivity index (χ2v) is 6.13. The zero-order chi connectivity index (χ0) is 15.2. The summed E-state index contributed by atoms with van der Waals surface area (Å²) in [7, 11) is -5.28. The minimum absolute atomic E-state index is 0.129. The van der Waals surface area contributed by atoms with E-state index in [9.17, 15) is 21.6 Å². The maximum Gasteiger partial charge on any atom is 0.501 e. The standard InChI is InChI=1S/C12H16F3NO3S/c13-12(14,15)20(18,19)11-6-4-10(5-7-11)16-8-2-1-3-9-17/h4-7,16-17H,1-3,8-9H2. The molecule has 0 aliphatic carbocycles. The van der Waals surface area contributed by atoms with E-state index in [0.29, 0.717) is 18.7 Å². The maximum atomic E-state index is 12.3. The molecule has 0 fully saturated rings. The second kappa shape index (κ2) is 6.94. The van der Waals surface area contributed by atoms with Crippen LogP contribution in [0.4, 0.5) is 18.9 Å². The molecule has 0 aromatic heterocycles. The third-order valence-corrected chi connectivity index (χ3v) is 4.14. The zero-order valence-electron chi connectivity index (χ0n) is 10.7. The molecule has 0 spiro atoms. The number of anilines is 1. The Hall–Kier alpha value is -1.28. The molecule has 0 saturated carbocycles. The average molecular weight is 311 g/mol. The van der Waals surface area contributed by atoms with E-state index in [1.807, 2.05) is 0 Å². The molecule has 0 bridgehead atoms. The molecule has 0 heterocycles. The van der Waals surface area contributed by atoms with Crippen molar-refractivity contribution in [2.24, 2.45) is 0 Å². The Bertz CT molecular complexity index is 512. The highest BCUT2D eigenvalue weighted by Crippen LogP contribution is 2.30. The first kappa shape index (κ1) is 16.8. The molecule has 8 heteroatoms. The number of hydrogen-bond acceptors (Lipinski definition) is 4. The lowest BCUT2D eigenvalue weighted by Gasteiger charge is -2.10. The molecule has 1 rings (SSSR count). The van der Waals surface area contributed by atoms with Crippen LogP contribution >= 0.6 is 0 Å². The first-order valence-electron chi connectivity index (χ1n) is 6.05. The first-order chi connectivity index (χ1) is 9.29. The van der Waals surface area contributed by atoms with E-state index < -0.39 is 20.2 Å². The smallest absolute Gasteiger partial charge is 0.396 e. The number of rotatable bonds is 7. The van der Waals surface area contributed by atoms with E-state index in [0.717, 1.165) is 25.0 Å². The van der Waals surface area contributed by atoms with Gasteiger partial charge in [0.2, 0.25) is 0 Å². The molecule has 4 nitrogen and oxygen atoms in total. The van der Waals surface area contributed by atoms with E-state index in [1.165, 1.54) is 12.1 Å². The summed E-state index contributed by atoms with van der Waals surface area (Å²) in [5.74, 6) is 0. The molecule has 1 aromatic rings. The van der Waals surface area contributed by atoms with Gasteiger partial charge in [-0.3, -0.25) is 0 Å². The molecule has 2 N–H and O–H groups in total. The summed E-state index contributed by atoms with van der Waals surface area (Å²) in [6.07, 6.45) is 2.34. The van der Waals surface area contributed by atoms with Gasteiger partial charge in [-0.15, -0.1) is 0 Å². The van der Waals surface area contributed by atoms with Gasteiger partial charge in [0.1, 0.15) is 0 Å². The summed E-state index contributed by atoms with van der Waals surface area (Å²) < 4.78 is 59.2. The summed E-state index contributed by atoms with van der Waals surface area (Å²) in [6, 6.07) is 4.45. The number of sulfone groups is 1. The Labute approximate surface area is 115 Å². The highest BCUT2D eigenvalue weighted by atomic mass is 32.2. The van der Waals surface area contributed by atoms with Crippen molar-refractivity contribution < 1.29 is 26.7 Å². The van der Waals surface area contributed by atoms with Crippen LogP contribution in [0.5, 0.6) is 0 Å². The number of nitrogens with one attached hydrogen (secondary N) is 1. The van der Waals surface area contributed by atoms with Crippen molar-refractivity contribution in [3.63, 3.8) is 0 Å². The molecule has 0 aliphatic rings. The largest absolute Gasteiger partial charge is 0.501 e. The fraction of sp³-hybridized carbons (Fsp3) is 0.500. The molecule has 0 atom stereocenters. The lowest BCUT2D eigenvalue weighted by molar-refractivity contribution is -0.0436. The van der Waals surface area contributed by atoms with Gasteiger partial charge in [-0.25, -0.2) is 8.42 Å². The van der Waals surface area contributed by atoms with Crippen molar-refractivity contribution in [1.29, 1.82) is 0 Å². The van der Waals surface area contributed by atoms with Crippen LogP contribution in [0.15, 0.2) is 29.2 Å². The van der Waals surface area contributed by atoms with Crippen LogP contribution < -0.4 is 5.32 Å². The summed E-state index contributed by atoms with van der Waals surface area (Å²) in [5, 5.41) is 11.5. The van der Waals surface area contributed by atoms with Crippen LogP contribution in [-0.2, 0) is 9.84 Å². The SMILES string of the molecule is O=S(=O)(c1ccc(NCCCCCO)cc1)C(F)(F)F. The molecule has 20 heavy (non-hydrogen) atoms. The van der Waals surface area contributed by atoms with Crippen molar-refractivity contribution >= 4 is 15.5 Å².